The predicted molar refractivity (Wildman–Crippen MR) is 16.2 cm³/mol. The zero-order chi connectivity index (χ0) is 3.58. The second-order valence-corrected chi connectivity index (χ2v) is 0.611. The molecule has 0 rings (SSSR count). The van der Waals surface area contributed by atoms with Crippen molar-refractivity contribution in [2.75, 3.05) is 0 Å². The first-order valence-electron chi connectivity index (χ1n) is 0.993. The van der Waals surface area contributed by atoms with E-state index in [0.717, 1.165) is 0 Å². The summed E-state index contributed by atoms with van der Waals surface area (Å²) in [6.45, 7) is 1.31. The third kappa shape index (κ3) is 11000. The molecule has 0 aromatic rings. The Morgan fingerprint density at radius 1 is 1.43 bits per heavy atom. The van der Waals surface area contributed by atoms with E-state index >= 15 is 0 Å². The van der Waals surface area contributed by atoms with Crippen LogP contribution in [-0.2, 0) is 32.8 Å². The van der Waals surface area contributed by atoms with E-state index in [-0.39, 0.29) is 33.9 Å². The van der Waals surface area contributed by atoms with Gasteiger partial charge in [-0.2, -0.15) is 0 Å². The smallest absolute Gasteiger partial charge is 0.214 e. The van der Waals surface area contributed by atoms with Crippen molar-refractivity contribution in [3.8, 4) is 0 Å². The normalized spacial score (nSPS) is 3.57. The zero-order valence-electron chi connectivity index (χ0n) is 3.68. The molecule has 0 aliphatic heterocycles. The molecule has 0 spiro atoms. The van der Waals surface area contributed by atoms with Gasteiger partial charge in [-0.25, -0.2) is 0 Å². The average molecular weight is 146 g/mol. The molecule has 2 N–H and O–H groups in total. The van der Waals surface area contributed by atoms with Crippen LogP contribution in [0.1, 0.15) is 6.92 Å². The van der Waals surface area contributed by atoms with Gasteiger partial charge in [-0.05, 0) is 0 Å². The first-order valence-corrected chi connectivity index (χ1v) is 0.993. The number of amides is 1. The number of hydrogen-bond donors (Lipinski definition) is 1. The molecular weight excluding hydrogens is 141 g/mol. The molecule has 1 radical (unpaired) electrons. The molecule has 0 unspecified atom stereocenters. The summed E-state index contributed by atoms with van der Waals surface area (Å²) in [4.78, 5) is 9.22. The van der Waals surface area contributed by atoms with E-state index in [4.69, 9.17) is 0 Å². The van der Waals surface area contributed by atoms with E-state index in [1.807, 2.05) is 0 Å². The molecule has 5 heteroatoms. The summed E-state index contributed by atoms with van der Waals surface area (Å²) in [5, 5.41) is 0. The summed E-state index contributed by atoms with van der Waals surface area (Å²) in [5.41, 5.74) is 4.47. The monoisotopic (exact) mass is 146 g/mol. The van der Waals surface area contributed by atoms with Crippen LogP contribution in [0.25, 0.3) is 0 Å². The Bertz CT molecular complexity index is 35.9. The van der Waals surface area contributed by atoms with Gasteiger partial charge >= 0.3 is 0 Å². The molecular formula is C2H5MnNO3-4. The zero-order valence-corrected chi connectivity index (χ0v) is 4.86. The number of carbonyl (C=O) groups is 1. The maximum absolute atomic E-state index is 9.22. The SMILES string of the molecule is CC(N)=O.[Mn].[O-2].[O-2]. The maximum Gasteiger partial charge on any atom is 0.214 e. The first-order chi connectivity index (χ1) is 1.73. The summed E-state index contributed by atoms with van der Waals surface area (Å²) < 4.78 is 0. The van der Waals surface area contributed by atoms with Crippen LogP contribution in [0.4, 0.5) is 0 Å². The van der Waals surface area contributed by atoms with Crippen molar-refractivity contribution < 1.29 is 32.8 Å². The third-order valence-electron chi connectivity index (χ3n) is 0. The minimum Gasteiger partial charge on any atom is -2.00 e. The summed E-state index contributed by atoms with van der Waals surface area (Å²) in [6, 6.07) is 0. The summed E-state index contributed by atoms with van der Waals surface area (Å²) in [6.07, 6.45) is 0. The molecule has 0 aromatic heterocycles. The molecule has 0 fully saturated rings. The topological polar surface area (TPSA) is 100 Å². The van der Waals surface area contributed by atoms with Crippen molar-refractivity contribution >= 4 is 5.91 Å². The number of nitrogens with two attached hydrogens (primary N) is 1. The van der Waals surface area contributed by atoms with Crippen LogP contribution in [0, 0.1) is 0 Å². The quantitative estimate of drug-likeness (QED) is 0.446. The third-order valence-corrected chi connectivity index (χ3v) is 0. The summed E-state index contributed by atoms with van der Waals surface area (Å²) >= 11 is 0. The molecule has 0 aliphatic rings. The molecule has 4 nitrogen and oxygen atoms in total. The number of hydrogen-bond acceptors (Lipinski definition) is 1. The molecule has 0 bridgehead atoms. The fourth-order valence-electron chi connectivity index (χ4n) is 0. The second-order valence-electron chi connectivity index (χ2n) is 0.611. The van der Waals surface area contributed by atoms with Crippen molar-refractivity contribution in [2.24, 2.45) is 5.73 Å². The van der Waals surface area contributed by atoms with Gasteiger partial charge in [0, 0.05) is 24.0 Å². The van der Waals surface area contributed by atoms with Crippen LogP contribution in [0.2, 0.25) is 0 Å². The minimum atomic E-state index is -0.333. The van der Waals surface area contributed by atoms with Gasteiger partial charge in [0.15, 0.2) is 0 Å². The predicted octanol–water partition coefficient (Wildman–Crippen LogP) is -0.749. The Balaban J connectivity index is -0.0000000150. The Morgan fingerprint density at radius 2 is 1.43 bits per heavy atom. The van der Waals surface area contributed by atoms with Crippen LogP contribution < -0.4 is 5.73 Å². The van der Waals surface area contributed by atoms with Crippen LogP contribution in [0.5, 0.6) is 0 Å². The van der Waals surface area contributed by atoms with Gasteiger partial charge in [0.2, 0.25) is 5.91 Å². The molecule has 0 saturated heterocycles. The average Bonchev–Trinajstić information content (AvgIpc) is 0.811. The standard InChI is InChI=1S/C2H5NO.Mn.2O/c1-2(3)4;;;/h1H3,(H2,3,4);;;/q;;2*-2. The van der Waals surface area contributed by atoms with E-state index in [9.17, 15) is 4.79 Å². The van der Waals surface area contributed by atoms with Gasteiger partial charge in [0.05, 0.1) is 0 Å². The largest absolute Gasteiger partial charge is 2.00 e. The molecule has 7 heavy (non-hydrogen) atoms. The van der Waals surface area contributed by atoms with Crippen molar-refractivity contribution in [3.63, 3.8) is 0 Å². The Hall–Kier alpha value is -0.0905. The first kappa shape index (κ1) is 28.5. The van der Waals surface area contributed by atoms with E-state index < -0.39 is 0 Å². The summed E-state index contributed by atoms with van der Waals surface area (Å²) in [5.74, 6) is -0.333. The molecule has 0 heterocycles. The molecule has 0 atom stereocenters. The minimum absolute atomic E-state index is 0. The number of carbonyl (C=O) groups excluding carboxylic acids is 1. The second kappa shape index (κ2) is 16.8. The maximum atomic E-state index is 9.22. The Labute approximate surface area is 52.2 Å². The van der Waals surface area contributed by atoms with Crippen LogP contribution in [0.15, 0.2) is 0 Å². The Morgan fingerprint density at radius 3 is 1.43 bits per heavy atom. The molecule has 0 aliphatic carbocycles. The van der Waals surface area contributed by atoms with E-state index in [2.05, 4.69) is 5.73 Å². The van der Waals surface area contributed by atoms with Crippen molar-refractivity contribution in [1.82, 2.24) is 0 Å². The van der Waals surface area contributed by atoms with Gasteiger partial charge in [-0.15, -0.1) is 0 Å². The van der Waals surface area contributed by atoms with Gasteiger partial charge in [-0.3, -0.25) is 4.79 Å². The van der Waals surface area contributed by atoms with E-state index in [1.165, 1.54) is 6.92 Å². The fourth-order valence-corrected chi connectivity index (χ4v) is 0. The van der Waals surface area contributed by atoms with Crippen molar-refractivity contribution in [2.45, 2.75) is 6.92 Å². The van der Waals surface area contributed by atoms with E-state index in [0.29, 0.717) is 0 Å². The molecule has 0 saturated carbocycles. The van der Waals surface area contributed by atoms with Gasteiger partial charge in [0.25, 0.3) is 0 Å². The van der Waals surface area contributed by atoms with Gasteiger partial charge < -0.3 is 16.7 Å². The summed E-state index contributed by atoms with van der Waals surface area (Å²) in [7, 11) is 0. The fraction of sp³-hybridized carbons (Fsp3) is 0.500. The van der Waals surface area contributed by atoms with Gasteiger partial charge in [0.1, 0.15) is 0 Å². The van der Waals surface area contributed by atoms with Gasteiger partial charge in [-0.1, -0.05) is 0 Å². The van der Waals surface area contributed by atoms with Crippen LogP contribution >= 0.6 is 0 Å². The van der Waals surface area contributed by atoms with E-state index in [1.54, 1.807) is 0 Å². The van der Waals surface area contributed by atoms with Crippen molar-refractivity contribution in [3.05, 3.63) is 0 Å². The van der Waals surface area contributed by atoms with Crippen LogP contribution in [-0.4, -0.2) is 5.91 Å². The molecule has 47 valence electrons. The van der Waals surface area contributed by atoms with Crippen LogP contribution in [0.3, 0.4) is 0 Å². The number of primary amides is 1. The Kier molecular flexibility index (Phi) is 68.5. The van der Waals surface area contributed by atoms with Crippen molar-refractivity contribution in [1.29, 1.82) is 0 Å². The number of rotatable bonds is 0. The molecule has 1 amide bonds. The molecule has 0 aromatic carbocycles.